The van der Waals surface area contributed by atoms with Gasteiger partial charge < -0.3 is 5.32 Å². The lowest BCUT2D eigenvalue weighted by Gasteiger charge is -2.16. The third kappa shape index (κ3) is 2.75. The zero-order chi connectivity index (χ0) is 17.3. The molecule has 0 aliphatic carbocycles. The van der Waals surface area contributed by atoms with Crippen molar-refractivity contribution in [3.63, 3.8) is 0 Å². The fraction of sp³-hybridized carbons (Fsp3) is 0.250. The van der Waals surface area contributed by atoms with Crippen LogP contribution in [0.5, 0.6) is 0 Å². The lowest BCUT2D eigenvalue weighted by atomic mass is 10.0. The Morgan fingerprint density at radius 1 is 0.958 bits per heavy atom. The van der Waals surface area contributed by atoms with Crippen LogP contribution in [0.1, 0.15) is 29.8 Å². The maximum atomic E-state index is 12.9. The molecule has 1 atom stereocenters. The smallest absolute Gasteiger partial charge is 0.295 e. The molecule has 0 saturated heterocycles. The van der Waals surface area contributed by atoms with Gasteiger partial charge in [0.25, 0.3) is 5.56 Å². The third-order valence-corrected chi connectivity index (χ3v) is 4.57. The largest absolute Gasteiger partial charge is 0.373 e. The second kappa shape index (κ2) is 6.40. The molecule has 24 heavy (non-hydrogen) atoms. The van der Waals surface area contributed by atoms with Crippen molar-refractivity contribution in [1.29, 1.82) is 0 Å². The van der Waals surface area contributed by atoms with Crippen LogP contribution in [0.15, 0.2) is 59.4 Å². The molecule has 0 amide bonds. The van der Waals surface area contributed by atoms with Crippen molar-refractivity contribution < 1.29 is 0 Å². The monoisotopic (exact) mass is 321 g/mol. The normalized spacial score (nSPS) is 12.2. The molecule has 0 unspecified atom stereocenters. The molecule has 3 rings (SSSR count). The van der Waals surface area contributed by atoms with Crippen LogP contribution in [0.3, 0.4) is 0 Å². The molecule has 0 aliphatic rings. The summed E-state index contributed by atoms with van der Waals surface area (Å²) in [5.41, 5.74) is 4.83. The molecule has 3 aromatic rings. The van der Waals surface area contributed by atoms with Crippen molar-refractivity contribution in [2.75, 3.05) is 5.32 Å². The lowest BCUT2D eigenvalue weighted by molar-refractivity contribution is 0.630. The highest BCUT2D eigenvalue weighted by atomic mass is 16.1. The van der Waals surface area contributed by atoms with E-state index in [1.807, 2.05) is 61.1 Å². The highest BCUT2D eigenvalue weighted by Crippen LogP contribution is 2.23. The van der Waals surface area contributed by atoms with Crippen LogP contribution in [-0.4, -0.2) is 9.36 Å². The Kier molecular flexibility index (Phi) is 4.30. The summed E-state index contributed by atoms with van der Waals surface area (Å²) >= 11 is 0. The highest BCUT2D eigenvalue weighted by molar-refractivity contribution is 5.51. The van der Waals surface area contributed by atoms with E-state index in [2.05, 4.69) is 31.3 Å². The SMILES string of the molecule is Cc1ccccc1[C@@H](C)Nc1c(C)n(C)n(-c2ccccc2)c1=O. The first-order chi connectivity index (χ1) is 11.5. The van der Waals surface area contributed by atoms with Crippen molar-refractivity contribution in [1.82, 2.24) is 9.36 Å². The summed E-state index contributed by atoms with van der Waals surface area (Å²) in [6.07, 6.45) is 0. The van der Waals surface area contributed by atoms with E-state index in [1.54, 1.807) is 4.68 Å². The molecular formula is C20H23N3O. The fourth-order valence-electron chi connectivity index (χ4n) is 3.10. The molecule has 1 aromatic heterocycles. The van der Waals surface area contributed by atoms with Crippen molar-refractivity contribution >= 4 is 5.69 Å². The Hall–Kier alpha value is -2.75. The molecule has 0 fully saturated rings. The standard InChI is InChI=1S/C20H23N3O/c1-14-10-8-9-13-18(14)15(2)21-19-16(3)22(4)23(20(19)24)17-11-6-5-7-12-17/h5-13,15,21H,1-4H3/t15-/m1/s1. The van der Waals surface area contributed by atoms with Crippen LogP contribution in [0.25, 0.3) is 5.69 Å². The number of aryl methyl sites for hydroxylation is 1. The minimum absolute atomic E-state index is 0.0263. The van der Waals surface area contributed by atoms with E-state index < -0.39 is 0 Å². The molecule has 4 heteroatoms. The molecule has 0 aliphatic heterocycles. The summed E-state index contributed by atoms with van der Waals surface area (Å²) in [6, 6.07) is 18.0. The van der Waals surface area contributed by atoms with Crippen molar-refractivity contribution in [3.05, 3.63) is 81.8 Å². The van der Waals surface area contributed by atoms with Crippen molar-refractivity contribution in [2.24, 2.45) is 7.05 Å². The van der Waals surface area contributed by atoms with Crippen molar-refractivity contribution in [3.8, 4) is 5.69 Å². The second-order valence-corrected chi connectivity index (χ2v) is 6.16. The zero-order valence-electron chi connectivity index (χ0n) is 14.6. The molecular weight excluding hydrogens is 298 g/mol. The van der Waals surface area contributed by atoms with Gasteiger partial charge in [0.2, 0.25) is 0 Å². The molecule has 0 saturated carbocycles. The van der Waals surface area contributed by atoms with Gasteiger partial charge in [-0.05, 0) is 44.0 Å². The molecule has 124 valence electrons. The van der Waals surface area contributed by atoms with E-state index >= 15 is 0 Å². The first-order valence-corrected chi connectivity index (χ1v) is 8.16. The second-order valence-electron chi connectivity index (χ2n) is 6.16. The Morgan fingerprint density at radius 2 is 1.58 bits per heavy atom. The van der Waals surface area contributed by atoms with E-state index in [1.165, 1.54) is 11.1 Å². The first-order valence-electron chi connectivity index (χ1n) is 8.16. The van der Waals surface area contributed by atoms with E-state index in [9.17, 15) is 4.79 Å². The van der Waals surface area contributed by atoms with Crippen LogP contribution in [0.2, 0.25) is 0 Å². The van der Waals surface area contributed by atoms with Gasteiger partial charge in [-0.2, -0.15) is 0 Å². The predicted octanol–water partition coefficient (Wildman–Crippen LogP) is 3.97. The van der Waals surface area contributed by atoms with Crippen LogP contribution in [-0.2, 0) is 7.05 Å². The van der Waals surface area contributed by atoms with Gasteiger partial charge in [-0.25, -0.2) is 4.68 Å². The van der Waals surface area contributed by atoms with Crippen LogP contribution in [0.4, 0.5) is 5.69 Å². The fourth-order valence-corrected chi connectivity index (χ4v) is 3.10. The summed E-state index contributed by atoms with van der Waals surface area (Å²) in [4.78, 5) is 12.9. The Morgan fingerprint density at radius 3 is 2.25 bits per heavy atom. The van der Waals surface area contributed by atoms with Gasteiger partial charge >= 0.3 is 0 Å². The quantitative estimate of drug-likeness (QED) is 0.790. The number of nitrogens with zero attached hydrogens (tertiary/aromatic N) is 2. The number of nitrogens with one attached hydrogen (secondary N) is 1. The maximum absolute atomic E-state index is 12.9. The van der Waals surface area contributed by atoms with Crippen LogP contribution >= 0.6 is 0 Å². The van der Waals surface area contributed by atoms with E-state index in [4.69, 9.17) is 0 Å². The number of anilines is 1. The van der Waals surface area contributed by atoms with E-state index in [0.29, 0.717) is 5.69 Å². The Balaban J connectivity index is 2.01. The number of benzene rings is 2. The average molecular weight is 321 g/mol. The summed E-state index contributed by atoms with van der Waals surface area (Å²) in [5.74, 6) is 0. The van der Waals surface area contributed by atoms with Gasteiger partial charge in [-0.1, -0.05) is 42.5 Å². The minimum atomic E-state index is -0.0263. The Bertz CT molecular complexity index is 906. The summed E-state index contributed by atoms with van der Waals surface area (Å²) < 4.78 is 3.59. The molecule has 0 bridgehead atoms. The van der Waals surface area contributed by atoms with Gasteiger partial charge in [-0.15, -0.1) is 0 Å². The van der Waals surface area contributed by atoms with Gasteiger partial charge in [0, 0.05) is 13.1 Å². The molecule has 1 N–H and O–H groups in total. The minimum Gasteiger partial charge on any atom is -0.373 e. The maximum Gasteiger partial charge on any atom is 0.295 e. The summed E-state index contributed by atoms with van der Waals surface area (Å²) in [5, 5.41) is 3.41. The summed E-state index contributed by atoms with van der Waals surface area (Å²) in [6.45, 7) is 6.14. The molecule has 4 nitrogen and oxygen atoms in total. The van der Waals surface area contributed by atoms with Crippen molar-refractivity contribution in [2.45, 2.75) is 26.8 Å². The Labute approximate surface area is 142 Å². The zero-order valence-corrected chi connectivity index (χ0v) is 14.6. The lowest BCUT2D eigenvalue weighted by Crippen LogP contribution is -2.21. The number of hydrogen-bond acceptors (Lipinski definition) is 2. The molecule has 0 radical (unpaired) electrons. The summed E-state index contributed by atoms with van der Waals surface area (Å²) in [7, 11) is 1.91. The number of para-hydroxylation sites is 1. The number of rotatable bonds is 4. The van der Waals surface area contributed by atoms with Gasteiger partial charge in [0.05, 0.1) is 11.4 Å². The van der Waals surface area contributed by atoms with Gasteiger partial charge in [-0.3, -0.25) is 9.48 Å². The van der Waals surface area contributed by atoms with Crippen LogP contribution in [0, 0.1) is 13.8 Å². The van der Waals surface area contributed by atoms with Gasteiger partial charge in [0.1, 0.15) is 5.69 Å². The van der Waals surface area contributed by atoms with Gasteiger partial charge in [0.15, 0.2) is 0 Å². The molecule has 2 aromatic carbocycles. The van der Waals surface area contributed by atoms with E-state index in [0.717, 1.165) is 11.4 Å². The third-order valence-electron chi connectivity index (χ3n) is 4.57. The van der Waals surface area contributed by atoms with Crippen LogP contribution < -0.4 is 10.9 Å². The topological polar surface area (TPSA) is 39.0 Å². The first kappa shape index (κ1) is 16.1. The average Bonchev–Trinajstić information content (AvgIpc) is 2.79. The van der Waals surface area contributed by atoms with E-state index in [-0.39, 0.29) is 11.6 Å². The molecule has 1 heterocycles. The number of hydrogen-bond donors (Lipinski definition) is 1. The predicted molar refractivity (Wildman–Crippen MR) is 99.0 cm³/mol. The number of aromatic nitrogens is 2. The highest BCUT2D eigenvalue weighted by Gasteiger charge is 2.18. The molecule has 0 spiro atoms.